The smallest absolute Gasteiger partial charge is 0.121 e. The first kappa shape index (κ1) is 9.88. The van der Waals surface area contributed by atoms with Gasteiger partial charge in [0.25, 0.3) is 0 Å². The summed E-state index contributed by atoms with van der Waals surface area (Å²) in [5.74, 6) is 0. The molecule has 0 aromatic heterocycles. The standard InChI is InChI=1S/C7H17NO2/c1-5-6-7(2,3)8(9)10-4/h8H,5-6H2,1-4H3. The normalized spacial score (nSPS) is 15.3. The van der Waals surface area contributed by atoms with Gasteiger partial charge in [-0.15, -0.1) is 0 Å². The molecule has 62 valence electrons. The van der Waals surface area contributed by atoms with Crippen molar-refractivity contribution in [3.63, 3.8) is 0 Å². The second-order valence-corrected chi connectivity index (χ2v) is 3.13. The third kappa shape index (κ3) is 2.64. The molecule has 1 atom stereocenters. The lowest BCUT2D eigenvalue weighted by Crippen LogP contribution is -3.14. The van der Waals surface area contributed by atoms with Crippen molar-refractivity contribution in [2.24, 2.45) is 0 Å². The Labute approximate surface area is 62.5 Å². The Morgan fingerprint density at radius 3 is 2.30 bits per heavy atom. The highest BCUT2D eigenvalue weighted by molar-refractivity contribution is 4.63. The van der Waals surface area contributed by atoms with E-state index in [0.717, 1.165) is 12.8 Å². The van der Waals surface area contributed by atoms with Gasteiger partial charge in [-0.05, 0) is 13.8 Å². The predicted molar refractivity (Wildman–Crippen MR) is 40.3 cm³/mol. The van der Waals surface area contributed by atoms with E-state index in [-0.39, 0.29) is 10.8 Å². The maximum Gasteiger partial charge on any atom is 0.121 e. The van der Waals surface area contributed by atoms with Crippen molar-refractivity contribution in [3.05, 3.63) is 5.21 Å². The topological polar surface area (TPSA) is 36.7 Å². The quantitative estimate of drug-likeness (QED) is 0.588. The number of hydroxylamine groups is 2. The molecule has 0 aliphatic rings. The van der Waals surface area contributed by atoms with Gasteiger partial charge in [0.1, 0.15) is 5.54 Å². The molecule has 0 amide bonds. The highest BCUT2D eigenvalue weighted by Gasteiger charge is 2.24. The molecule has 1 N–H and O–H groups in total. The van der Waals surface area contributed by atoms with Gasteiger partial charge in [-0.1, -0.05) is 13.3 Å². The molecule has 0 aliphatic heterocycles. The van der Waals surface area contributed by atoms with Crippen molar-refractivity contribution >= 4 is 0 Å². The van der Waals surface area contributed by atoms with Gasteiger partial charge in [-0.3, -0.25) is 0 Å². The number of nitrogens with one attached hydrogen (secondary N) is 1. The van der Waals surface area contributed by atoms with E-state index >= 15 is 0 Å². The lowest BCUT2D eigenvalue weighted by atomic mass is 10.0. The molecule has 10 heavy (non-hydrogen) atoms. The van der Waals surface area contributed by atoms with Crippen molar-refractivity contribution in [2.75, 3.05) is 7.11 Å². The zero-order valence-corrected chi connectivity index (χ0v) is 7.23. The van der Waals surface area contributed by atoms with Crippen LogP contribution in [0.5, 0.6) is 0 Å². The summed E-state index contributed by atoms with van der Waals surface area (Å²) in [6.07, 6.45) is 1.90. The minimum Gasteiger partial charge on any atom is -0.599 e. The summed E-state index contributed by atoms with van der Waals surface area (Å²) in [6.45, 7) is 5.87. The molecule has 0 aromatic rings. The highest BCUT2D eigenvalue weighted by atomic mass is 16.9. The zero-order chi connectivity index (χ0) is 8.20. The molecule has 0 rings (SSSR count). The molecular weight excluding hydrogens is 130 g/mol. The maximum absolute atomic E-state index is 11.0. The summed E-state index contributed by atoms with van der Waals surface area (Å²) >= 11 is 0. The fourth-order valence-corrected chi connectivity index (χ4v) is 1.00. The molecule has 0 bridgehead atoms. The van der Waals surface area contributed by atoms with Crippen LogP contribution in [0, 0.1) is 5.21 Å². The van der Waals surface area contributed by atoms with Crippen LogP contribution in [0.1, 0.15) is 33.6 Å². The van der Waals surface area contributed by atoms with Gasteiger partial charge in [0, 0.05) is 6.42 Å². The van der Waals surface area contributed by atoms with E-state index in [0.29, 0.717) is 0 Å². The lowest BCUT2D eigenvalue weighted by Gasteiger charge is -2.34. The number of rotatable bonds is 4. The Morgan fingerprint density at radius 1 is 1.50 bits per heavy atom. The van der Waals surface area contributed by atoms with Crippen LogP contribution in [0.3, 0.4) is 0 Å². The van der Waals surface area contributed by atoms with E-state index in [1.807, 2.05) is 13.8 Å². The molecule has 1 unspecified atom stereocenters. The first-order valence-corrected chi connectivity index (χ1v) is 3.63. The van der Waals surface area contributed by atoms with Gasteiger partial charge in [0.05, 0.1) is 7.11 Å². The van der Waals surface area contributed by atoms with Gasteiger partial charge in [-0.25, -0.2) is 10.1 Å². The number of quaternary nitrogens is 1. The molecule has 0 spiro atoms. The monoisotopic (exact) mass is 147 g/mol. The number of hydrogen-bond donors (Lipinski definition) is 1. The van der Waals surface area contributed by atoms with Crippen molar-refractivity contribution in [1.29, 1.82) is 0 Å². The molecule has 3 nitrogen and oxygen atoms in total. The van der Waals surface area contributed by atoms with Crippen LogP contribution < -0.4 is 5.23 Å². The third-order valence-corrected chi connectivity index (χ3v) is 1.61. The Morgan fingerprint density at radius 2 is 2.00 bits per heavy atom. The van der Waals surface area contributed by atoms with Crippen molar-refractivity contribution in [2.45, 2.75) is 39.2 Å². The van der Waals surface area contributed by atoms with E-state index in [4.69, 9.17) is 0 Å². The minimum absolute atomic E-state index is 0.116. The van der Waals surface area contributed by atoms with Crippen LogP contribution in [-0.2, 0) is 4.84 Å². The fourth-order valence-electron chi connectivity index (χ4n) is 1.00. The Kier molecular flexibility index (Phi) is 3.86. The third-order valence-electron chi connectivity index (χ3n) is 1.61. The highest BCUT2D eigenvalue weighted by Crippen LogP contribution is 2.05. The second kappa shape index (κ2) is 3.91. The molecule has 0 fully saturated rings. The first-order chi connectivity index (χ1) is 4.54. The van der Waals surface area contributed by atoms with E-state index in [9.17, 15) is 5.21 Å². The van der Waals surface area contributed by atoms with Gasteiger partial charge >= 0.3 is 0 Å². The molecule has 0 aromatic carbocycles. The molecule has 0 saturated carbocycles. The van der Waals surface area contributed by atoms with Crippen LogP contribution in [0.4, 0.5) is 0 Å². The van der Waals surface area contributed by atoms with Crippen LogP contribution in [-0.4, -0.2) is 12.6 Å². The van der Waals surface area contributed by atoms with Crippen molar-refractivity contribution in [3.8, 4) is 0 Å². The molecular formula is C7H17NO2. The van der Waals surface area contributed by atoms with E-state index in [1.165, 1.54) is 7.11 Å². The van der Waals surface area contributed by atoms with Crippen molar-refractivity contribution in [1.82, 2.24) is 0 Å². The number of hydrogen-bond acceptors (Lipinski definition) is 2. The molecule has 3 heteroatoms. The minimum atomic E-state index is -0.302. The average Bonchev–Trinajstić information content (AvgIpc) is 1.86. The molecule has 0 heterocycles. The fraction of sp³-hybridized carbons (Fsp3) is 1.00. The summed E-state index contributed by atoms with van der Waals surface area (Å²) < 4.78 is 0. The van der Waals surface area contributed by atoms with Crippen LogP contribution in [0.25, 0.3) is 0 Å². The van der Waals surface area contributed by atoms with Crippen LogP contribution in [0.15, 0.2) is 0 Å². The maximum atomic E-state index is 11.0. The van der Waals surface area contributed by atoms with E-state index < -0.39 is 0 Å². The molecule has 0 radical (unpaired) electrons. The summed E-state index contributed by atoms with van der Waals surface area (Å²) in [6, 6.07) is 0. The lowest BCUT2D eigenvalue weighted by molar-refractivity contribution is -1.09. The van der Waals surface area contributed by atoms with Crippen LogP contribution in [0.2, 0.25) is 0 Å². The van der Waals surface area contributed by atoms with Crippen LogP contribution >= 0.6 is 0 Å². The van der Waals surface area contributed by atoms with Gasteiger partial charge in [0.2, 0.25) is 0 Å². The largest absolute Gasteiger partial charge is 0.599 e. The average molecular weight is 147 g/mol. The summed E-state index contributed by atoms with van der Waals surface area (Å²) in [5, 5.41) is 10.9. The Hall–Kier alpha value is -0.120. The molecule has 0 saturated heterocycles. The van der Waals surface area contributed by atoms with Gasteiger partial charge < -0.3 is 5.21 Å². The van der Waals surface area contributed by atoms with E-state index in [2.05, 4.69) is 11.8 Å². The summed E-state index contributed by atoms with van der Waals surface area (Å²) in [4.78, 5) is 4.63. The summed E-state index contributed by atoms with van der Waals surface area (Å²) in [7, 11) is 1.43. The van der Waals surface area contributed by atoms with Gasteiger partial charge in [-0.2, -0.15) is 0 Å². The Balaban J connectivity index is 3.82. The van der Waals surface area contributed by atoms with E-state index in [1.54, 1.807) is 0 Å². The van der Waals surface area contributed by atoms with Gasteiger partial charge in [0.15, 0.2) is 0 Å². The zero-order valence-electron chi connectivity index (χ0n) is 7.23. The Bertz CT molecular complexity index is 93.6. The molecule has 0 aliphatic carbocycles. The SMILES string of the molecule is CCCC(C)(C)[NH+]([O-])OC. The predicted octanol–water partition coefficient (Wildman–Crippen LogP) is 0.509. The van der Waals surface area contributed by atoms with Crippen molar-refractivity contribution < 1.29 is 10.1 Å². The second-order valence-electron chi connectivity index (χ2n) is 3.13. The summed E-state index contributed by atoms with van der Waals surface area (Å²) in [5.41, 5.74) is -0.302. The first-order valence-electron chi connectivity index (χ1n) is 3.63.